The van der Waals surface area contributed by atoms with Crippen LogP contribution in [0.4, 0.5) is 0 Å². The highest BCUT2D eigenvalue weighted by atomic mass is 16.3. The fourth-order valence-corrected chi connectivity index (χ4v) is 4.05. The Morgan fingerprint density at radius 1 is 1.07 bits per heavy atom. The molecule has 1 aliphatic carbocycles. The van der Waals surface area contributed by atoms with Gasteiger partial charge in [-0.15, -0.1) is 0 Å². The van der Waals surface area contributed by atoms with Crippen molar-refractivity contribution in [1.82, 2.24) is 15.1 Å². The summed E-state index contributed by atoms with van der Waals surface area (Å²) in [7, 11) is 0. The van der Waals surface area contributed by atoms with Crippen molar-refractivity contribution in [1.29, 1.82) is 0 Å². The van der Waals surface area contributed by atoms with E-state index in [4.69, 9.17) is 4.42 Å². The second-order valence-corrected chi connectivity index (χ2v) is 8.54. The molecule has 2 heterocycles. The standard InChI is InChI=1S/C24H31N3O3/c1-18-15-21(18)22-9-7-20(30-22)8-10-24(29)27-13-11-26(12-14-27)17-23(28)25-16-19-5-3-2-4-6-19/h2-7,9,18,21H,8,10-17H2,1H3,(H,25,28). The number of furan rings is 1. The van der Waals surface area contributed by atoms with Gasteiger partial charge in [-0.25, -0.2) is 0 Å². The summed E-state index contributed by atoms with van der Waals surface area (Å²) < 4.78 is 5.91. The van der Waals surface area contributed by atoms with Crippen LogP contribution in [-0.4, -0.2) is 54.3 Å². The lowest BCUT2D eigenvalue weighted by atomic mass is 10.2. The number of nitrogens with one attached hydrogen (secondary N) is 1. The van der Waals surface area contributed by atoms with Crippen LogP contribution in [0.15, 0.2) is 46.9 Å². The Bertz CT molecular complexity index is 856. The first kappa shape index (κ1) is 20.7. The highest BCUT2D eigenvalue weighted by molar-refractivity contribution is 5.78. The first-order valence-corrected chi connectivity index (χ1v) is 11.0. The summed E-state index contributed by atoms with van der Waals surface area (Å²) in [6.07, 6.45) is 2.34. The van der Waals surface area contributed by atoms with Crippen molar-refractivity contribution in [2.24, 2.45) is 5.92 Å². The number of hydrogen-bond acceptors (Lipinski definition) is 4. The molecule has 1 aromatic carbocycles. The van der Waals surface area contributed by atoms with Gasteiger partial charge in [-0.3, -0.25) is 14.5 Å². The lowest BCUT2D eigenvalue weighted by molar-refractivity contribution is -0.133. The zero-order valence-electron chi connectivity index (χ0n) is 17.7. The maximum atomic E-state index is 12.6. The van der Waals surface area contributed by atoms with E-state index >= 15 is 0 Å². The zero-order valence-corrected chi connectivity index (χ0v) is 17.7. The summed E-state index contributed by atoms with van der Waals surface area (Å²) in [6, 6.07) is 14.0. The van der Waals surface area contributed by atoms with Crippen molar-refractivity contribution in [2.75, 3.05) is 32.7 Å². The fraction of sp³-hybridized carbons (Fsp3) is 0.500. The number of amides is 2. The van der Waals surface area contributed by atoms with Crippen LogP contribution >= 0.6 is 0 Å². The van der Waals surface area contributed by atoms with Gasteiger partial charge in [0.2, 0.25) is 11.8 Å². The summed E-state index contributed by atoms with van der Waals surface area (Å²) in [5.74, 6) is 3.48. The van der Waals surface area contributed by atoms with Gasteiger partial charge < -0.3 is 14.6 Å². The van der Waals surface area contributed by atoms with Crippen LogP contribution in [0.2, 0.25) is 0 Å². The van der Waals surface area contributed by atoms with Gasteiger partial charge in [-0.05, 0) is 30.0 Å². The number of hydrogen-bond donors (Lipinski definition) is 1. The van der Waals surface area contributed by atoms with Gasteiger partial charge in [0.1, 0.15) is 11.5 Å². The highest BCUT2D eigenvalue weighted by Crippen LogP contribution is 2.47. The average Bonchev–Trinajstić information content (AvgIpc) is 3.31. The van der Waals surface area contributed by atoms with Gasteiger partial charge in [-0.2, -0.15) is 0 Å². The molecule has 1 N–H and O–H groups in total. The lowest BCUT2D eigenvalue weighted by Gasteiger charge is -2.34. The fourth-order valence-electron chi connectivity index (χ4n) is 4.05. The van der Waals surface area contributed by atoms with E-state index < -0.39 is 0 Å². The van der Waals surface area contributed by atoms with Crippen LogP contribution in [0, 0.1) is 5.92 Å². The number of rotatable bonds is 8. The van der Waals surface area contributed by atoms with Crippen LogP contribution in [-0.2, 0) is 22.6 Å². The molecular formula is C24H31N3O3. The second-order valence-electron chi connectivity index (χ2n) is 8.54. The Labute approximate surface area is 178 Å². The van der Waals surface area contributed by atoms with E-state index in [0.29, 0.717) is 44.9 Å². The highest BCUT2D eigenvalue weighted by Gasteiger charge is 2.36. The summed E-state index contributed by atoms with van der Waals surface area (Å²) in [4.78, 5) is 28.8. The predicted molar refractivity (Wildman–Crippen MR) is 115 cm³/mol. The molecule has 2 unspecified atom stereocenters. The number of nitrogens with zero attached hydrogens (tertiary/aromatic N) is 2. The van der Waals surface area contributed by atoms with Gasteiger partial charge in [0.25, 0.3) is 0 Å². The molecule has 2 amide bonds. The molecule has 2 aliphatic rings. The molecule has 1 saturated heterocycles. The van der Waals surface area contributed by atoms with Crippen LogP contribution in [0.5, 0.6) is 0 Å². The van der Waals surface area contributed by atoms with Crippen LogP contribution < -0.4 is 5.32 Å². The van der Waals surface area contributed by atoms with E-state index in [1.165, 1.54) is 6.42 Å². The van der Waals surface area contributed by atoms with Crippen molar-refractivity contribution in [2.45, 2.75) is 38.6 Å². The monoisotopic (exact) mass is 409 g/mol. The van der Waals surface area contributed by atoms with Crippen LogP contribution in [0.25, 0.3) is 0 Å². The minimum Gasteiger partial charge on any atom is -0.466 e. The third-order valence-electron chi connectivity index (χ3n) is 6.17. The Morgan fingerprint density at radius 3 is 2.50 bits per heavy atom. The number of benzene rings is 1. The number of carbonyl (C=O) groups is 2. The first-order valence-electron chi connectivity index (χ1n) is 11.0. The van der Waals surface area contributed by atoms with Crippen LogP contribution in [0.1, 0.15) is 42.8 Å². The molecule has 0 radical (unpaired) electrons. The molecule has 2 fully saturated rings. The lowest BCUT2D eigenvalue weighted by Crippen LogP contribution is -2.51. The average molecular weight is 410 g/mol. The van der Waals surface area contributed by atoms with Gasteiger partial charge in [0, 0.05) is 51.5 Å². The smallest absolute Gasteiger partial charge is 0.234 e. The van der Waals surface area contributed by atoms with E-state index in [1.807, 2.05) is 41.3 Å². The topological polar surface area (TPSA) is 65.8 Å². The summed E-state index contributed by atoms with van der Waals surface area (Å²) in [5, 5.41) is 2.96. The molecule has 160 valence electrons. The molecule has 30 heavy (non-hydrogen) atoms. The third-order valence-corrected chi connectivity index (χ3v) is 6.17. The molecule has 1 aromatic heterocycles. The molecule has 6 nitrogen and oxygen atoms in total. The normalized spacial score (nSPS) is 21.4. The van der Waals surface area contributed by atoms with Crippen LogP contribution in [0.3, 0.4) is 0 Å². The quantitative estimate of drug-likeness (QED) is 0.728. The Morgan fingerprint density at radius 2 is 1.80 bits per heavy atom. The molecule has 1 saturated carbocycles. The van der Waals surface area contributed by atoms with Gasteiger partial charge in [0.15, 0.2) is 0 Å². The van der Waals surface area contributed by atoms with E-state index in [9.17, 15) is 9.59 Å². The van der Waals surface area contributed by atoms with E-state index in [0.717, 1.165) is 36.1 Å². The van der Waals surface area contributed by atoms with E-state index in [-0.39, 0.29) is 11.8 Å². The number of aryl methyl sites for hydroxylation is 1. The molecular weight excluding hydrogens is 378 g/mol. The maximum Gasteiger partial charge on any atom is 0.234 e. The van der Waals surface area contributed by atoms with Crippen molar-refractivity contribution in [3.8, 4) is 0 Å². The molecule has 0 bridgehead atoms. The van der Waals surface area contributed by atoms with Crippen molar-refractivity contribution >= 4 is 11.8 Å². The maximum absolute atomic E-state index is 12.6. The summed E-state index contributed by atoms with van der Waals surface area (Å²) in [5.41, 5.74) is 1.09. The SMILES string of the molecule is CC1CC1c1ccc(CCC(=O)N2CCN(CC(=O)NCc3ccccc3)CC2)o1. The molecule has 2 atom stereocenters. The number of piperazine rings is 1. The molecule has 2 aromatic rings. The summed E-state index contributed by atoms with van der Waals surface area (Å²) >= 11 is 0. The zero-order chi connectivity index (χ0) is 20.9. The molecule has 6 heteroatoms. The predicted octanol–water partition coefficient (Wildman–Crippen LogP) is 2.80. The first-order chi connectivity index (χ1) is 14.6. The van der Waals surface area contributed by atoms with E-state index in [1.54, 1.807) is 0 Å². The number of carbonyl (C=O) groups excluding carboxylic acids is 2. The van der Waals surface area contributed by atoms with E-state index in [2.05, 4.69) is 23.2 Å². The van der Waals surface area contributed by atoms with Gasteiger partial charge in [-0.1, -0.05) is 37.3 Å². The Balaban J connectivity index is 1.14. The van der Waals surface area contributed by atoms with Gasteiger partial charge in [0.05, 0.1) is 6.54 Å². The van der Waals surface area contributed by atoms with Gasteiger partial charge >= 0.3 is 0 Å². The Hall–Kier alpha value is -2.60. The van der Waals surface area contributed by atoms with Crippen molar-refractivity contribution in [3.63, 3.8) is 0 Å². The van der Waals surface area contributed by atoms with Crippen molar-refractivity contribution in [3.05, 3.63) is 59.5 Å². The largest absolute Gasteiger partial charge is 0.466 e. The summed E-state index contributed by atoms with van der Waals surface area (Å²) in [6.45, 7) is 5.98. The Kier molecular flexibility index (Phi) is 6.53. The molecule has 0 spiro atoms. The minimum absolute atomic E-state index is 0.0252. The minimum atomic E-state index is 0.0252. The molecule has 4 rings (SSSR count). The van der Waals surface area contributed by atoms with Crippen molar-refractivity contribution < 1.29 is 14.0 Å². The second kappa shape index (κ2) is 9.47. The molecule has 1 aliphatic heterocycles. The third kappa shape index (κ3) is 5.51.